The van der Waals surface area contributed by atoms with E-state index in [0.717, 1.165) is 12.2 Å². The van der Waals surface area contributed by atoms with Crippen LogP contribution in [0.3, 0.4) is 0 Å². The van der Waals surface area contributed by atoms with E-state index in [-0.39, 0.29) is 0 Å². The standard InChI is InChI=1S/C12H18OS/c1-9(2)7-11(8-14)10-3-5-12(13)6-4-10/h3-6,9,11,13-14H,7-8H2,1-2H3. The fourth-order valence-electron chi connectivity index (χ4n) is 1.63. The molecule has 1 rings (SSSR count). The Kier molecular flexibility index (Phi) is 4.33. The lowest BCUT2D eigenvalue weighted by Crippen LogP contribution is -2.04. The molecule has 1 aromatic carbocycles. The van der Waals surface area contributed by atoms with Crippen molar-refractivity contribution in [1.82, 2.24) is 0 Å². The first kappa shape index (κ1) is 11.4. The van der Waals surface area contributed by atoms with E-state index >= 15 is 0 Å². The molecule has 0 amide bonds. The van der Waals surface area contributed by atoms with Gasteiger partial charge in [0, 0.05) is 0 Å². The van der Waals surface area contributed by atoms with E-state index < -0.39 is 0 Å². The fraction of sp³-hybridized carbons (Fsp3) is 0.500. The second kappa shape index (κ2) is 5.30. The first-order valence-electron chi connectivity index (χ1n) is 5.03. The molecule has 1 N–H and O–H groups in total. The molecule has 0 saturated heterocycles. The van der Waals surface area contributed by atoms with Crippen LogP contribution in [0.1, 0.15) is 31.7 Å². The number of thiol groups is 1. The highest BCUT2D eigenvalue weighted by Crippen LogP contribution is 2.26. The van der Waals surface area contributed by atoms with E-state index in [9.17, 15) is 5.11 Å². The van der Waals surface area contributed by atoms with Gasteiger partial charge in [-0.05, 0) is 41.7 Å². The zero-order chi connectivity index (χ0) is 10.6. The van der Waals surface area contributed by atoms with Crippen LogP contribution in [0.4, 0.5) is 0 Å². The molecule has 78 valence electrons. The zero-order valence-electron chi connectivity index (χ0n) is 8.77. The monoisotopic (exact) mass is 210 g/mol. The van der Waals surface area contributed by atoms with Gasteiger partial charge in [0.05, 0.1) is 0 Å². The van der Waals surface area contributed by atoms with Gasteiger partial charge in [0.2, 0.25) is 0 Å². The Bertz CT molecular complexity index is 266. The molecule has 1 aromatic rings. The number of rotatable bonds is 4. The fourth-order valence-corrected chi connectivity index (χ4v) is 1.99. The van der Waals surface area contributed by atoms with E-state index in [0.29, 0.717) is 17.6 Å². The maximum atomic E-state index is 9.17. The molecular weight excluding hydrogens is 192 g/mol. The topological polar surface area (TPSA) is 20.2 Å². The lowest BCUT2D eigenvalue weighted by Gasteiger charge is -2.17. The lowest BCUT2D eigenvalue weighted by molar-refractivity contribution is 0.474. The Morgan fingerprint density at radius 3 is 2.21 bits per heavy atom. The third-order valence-electron chi connectivity index (χ3n) is 2.34. The summed E-state index contributed by atoms with van der Waals surface area (Å²) in [7, 11) is 0. The Morgan fingerprint density at radius 1 is 1.21 bits per heavy atom. The Balaban J connectivity index is 2.73. The molecule has 0 spiro atoms. The molecule has 0 aliphatic heterocycles. The molecule has 1 unspecified atom stereocenters. The molecule has 0 aromatic heterocycles. The summed E-state index contributed by atoms with van der Waals surface area (Å²) in [5, 5.41) is 9.17. The van der Waals surface area contributed by atoms with Crippen LogP contribution in [0.5, 0.6) is 5.75 Å². The first-order chi connectivity index (χ1) is 6.63. The summed E-state index contributed by atoms with van der Waals surface area (Å²) >= 11 is 4.36. The number of hydrogen-bond donors (Lipinski definition) is 2. The maximum Gasteiger partial charge on any atom is 0.115 e. The van der Waals surface area contributed by atoms with E-state index in [1.807, 2.05) is 12.1 Å². The van der Waals surface area contributed by atoms with Crippen LogP contribution in [0.15, 0.2) is 24.3 Å². The summed E-state index contributed by atoms with van der Waals surface area (Å²) in [6.45, 7) is 4.44. The van der Waals surface area contributed by atoms with Gasteiger partial charge in [0.1, 0.15) is 5.75 Å². The minimum atomic E-state index is 0.330. The number of aromatic hydroxyl groups is 1. The van der Waals surface area contributed by atoms with Crippen LogP contribution in [0.25, 0.3) is 0 Å². The first-order valence-corrected chi connectivity index (χ1v) is 5.66. The molecule has 14 heavy (non-hydrogen) atoms. The number of benzene rings is 1. The molecule has 0 radical (unpaired) electrons. The summed E-state index contributed by atoms with van der Waals surface area (Å²) in [6.07, 6.45) is 1.15. The predicted molar refractivity (Wildman–Crippen MR) is 64.2 cm³/mol. The van der Waals surface area contributed by atoms with E-state index in [4.69, 9.17) is 0 Å². The van der Waals surface area contributed by atoms with E-state index in [2.05, 4.69) is 26.5 Å². The van der Waals surface area contributed by atoms with Gasteiger partial charge < -0.3 is 5.11 Å². The quantitative estimate of drug-likeness (QED) is 0.729. The van der Waals surface area contributed by atoms with Gasteiger partial charge in [-0.2, -0.15) is 12.6 Å². The summed E-state index contributed by atoms with van der Waals surface area (Å²) in [6, 6.07) is 7.45. The van der Waals surface area contributed by atoms with Crippen molar-refractivity contribution in [2.45, 2.75) is 26.2 Å². The van der Waals surface area contributed by atoms with Crippen LogP contribution in [0.2, 0.25) is 0 Å². The van der Waals surface area contributed by atoms with Crippen molar-refractivity contribution in [1.29, 1.82) is 0 Å². The smallest absolute Gasteiger partial charge is 0.115 e. The summed E-state index contributed by atoms with van der Waals surface area (Å²) < 4.78 is 0. The van der Waals surface area contributed by atoms with Crippen molar-refractivity contribution in [2.24, 2.45) is 5.92 Å². The molecule has 0 bridgehead atoms. The van der Waals surface area contributed by atoms with E-state index in [1.54, 1.807) is 12.1 Å². The van der Waals surface area contributed by atoms with Gasteiger partial charge in [-0.25, -0.2) is 0 Å². The summed E-state index contributed by atoms with van der Waals surface area (Å²) in [4.78, 5) is 0. The Labute approximate surface area is 91.6 Å². The third-order valence-corrected chi connectivity index (χ3v) is 2.78. The normalized spacial score (nSPS) is 13.1. The van der Waals surface area contributed by atoms with Crippen molar-refractivity contribution in [3.8, 4) is 5.75 Å². The highest BCUT2D eigenvalue weighted by atomic mass is 32.1. The SMILES string of the molecule is CC(C)CC(CS)c1ccc(O)cc1. The average Bonchev–Trinajstić information content (AvgIpc) is 2.15. The van der Waals surface area contributed by atoms with Gasteiger partial charge >= 0.3 is 0 Å². The van der Waals surface area contributed by atoms with Gasteiger partial charge in [0.25, 0.3) is 0 Å². The maximum absolute atomic E-state index is 9.17. The van der Waals surface area contributed by atoms with E-state index in [1.165, 1.54) is 5.56 Å². The number of hydrogen-bond acceptors (Lipinski definition) is 2. The summed E-state index contributed by atoms with van der Waals surface area (Å²) in [5.41, 5.74) is 1.27. The lowest BCUT2D eigenvalue weighted by atomic mass is 9.92. The zero-order valence-corrected chi connectivity index (χ0v) is 9.67. The number of phenolic OH excluding ortho intramolecular Hbond substituents is 1. The van der Waals surface area contributed by atoms with Gasteiger partial charge in [-0.15, -0.1) is 0 Å². The molecule has 2 heteroatoms. The highest BCUT2D eigenvalue weighted by molar-refractivity contribution is 7.80. The minimum absolute atomic E-state index is 0.330. The molecular formula is C12H18OS. The molecule has 1 atom stereocenters. The predicted octanol–water partition coefficient (Wildman–Crippen LogP) is 3.45. The molecule has 0 fully saturated rings. The van der Waals surface area contributed by atoms with Crippen molar-refractivity contribution in [2.75, 3.05) is 5.75 Å². The third kappa shape index (κ3) is 3.26. The van der Waals surface area contributed by atoms with Gasteiger partial charge in [0.15, 0.2) is 0 Å². The second-order valence-electron chi connectivity index (χ2n) is 4.10. The van der Waals surface area contributed by atoms with Crippen molar-refractivity contribution < 1.29 is 5.11 Å². The van der Waals surface area contributed by atoms with Crippen molar-refractivity contribution in [3.05, 3.63) is 29.8 Å². The van der Waals surface area contributed by atoms with Crippen LogP contribution in [0, 0.1) is 5.92 Å². The van der Waals surface area contributed by atoms with Crippen LogP contribution >= 0.6 is 12.6 Å². The minimum Gasteiger partial charge on any atom is -0.508 e. The molecule has 0 saturated carbocycles. The van der Waals surface area contributed by atoms with Crippen LogP contribution < -0.4 is 0 Å². The number of phenols is 1. The second-order valence-corrected chi connectivity index (χ2v) is 4.47. The Morgan fingerprint density at radius 2 is 1.79 bits per heavy atom. The molecule has 0 aliphatic rings. The van der Waals surface area contributed by atoms with Crippen LogP contribution in [-0.4, -0.2) is 10.9 Å². The molecule has 0 heterocycles. The largest absolute Gasteiger partial charge is 0.508 e. The van der Waals surface area contributed by atoms with Gasteiger partial charge in [-0.1, -0.05) is 26.0 Å². The Hall–Kier alpha value is -0.630. The van der Waals surface area contributed by atoms with Crippen LogP contribution in [-0.2, 0) is 0 Å². The van der Waals surface area contributed by atoms with Crippen molar-refractivity contribution >= 4 is 12.6 Å². The summed E-state index contributed by atoms with van der Waals surface area (Å²) in [5.74, 6) is 2.37. The molecule has 0 aliphatic carbocycles. The van der Waals surface area contributed by atoms with Crippen molar-refractivity contribution in [3.63, 3.8) is 0 Å². The highest BCUT2D eigenvalue weighted by Gasteiger charge is 2.11. The average molecular weight is 210 g/mol. The van der Waals surface area contributed by atoms with Gasteiger partial charge in [-0.3, -0.25) is 0 Å². The molecule has 1 nitrogen and oxygen atoms in total.